The molecule has 0 bridgehead atoms. The van der Waals surface area contributed by atoms with Crippen molar-refractivity contribution in [3.8, 4) is 0 Å². The normalized spacial score (nSPS) is 10.3. The zero-order chi connectivity index (χ0) is 14.0. The van der Waals surface area contributed by atoms with Gasteiger partial charge in [0.1, 0.15) is 16.5 Å². The number of aromatic carboxylic acids is 1. The molecule has 19 heavy (non-hydrogen) atoms. The fraction of sp³-hybridized carbons (Fsp3) is 0. The molecule has 0 amide bonds. The first kappa shape index (κ1) is 13.9. The molecule has 1 heterocycles. The second kappa shape index (κ2) is 5.65. The molecule has 0 aliphatic rings. The number of carboxylic acid groups (broad SMARTS) is 1. The van der Waals surface area contributed by atoms with Crippen molar-refractivity contribution in [2.75, 3.05) is 5.32 Å². The van der Waals surface area contributed by atoms with Crippen LogP contribution in [0.3, 0.4) is 0 Å². The summed E-state index contributed by atoms with van der Waals surface area (Å²) >= 11 is 17.5. The number of rotatable bonds is 3. The van der Waals surface area contributed by atoms with Gasteiger partial charge in [-0.15, -0.1) is 0 Å². The average molecular weight is 318 g/mol. The minimum Gasteiger partial charge on any atom is -0.478 e. The van der Waals surface area contributed by atoms with Crippen LogP contribution in [0.1, 0.15) is 10.4 Å². The molecule has 0 fully saturated rings. The molecule has 98 valence electrons. The molecule has 4 nitrogen and oxygen atoms in total. The van der Waals surface area contributed by atoms with Gasteiger partial charge in [-0.05, 0) is 30.3 Å². The third kappa shape index (κ3) is 3.29. The van der Waals surface area contributed by atoms with Crippen LogP contribution in [-0.4, -0.2) is 16.1 Å². The minimum atomic E-state index is -1.11. The lowest BCUT2D eigenvalue weighted by Crippen LogP contribution is -2.05. The zero-order valence-electron chi connectivity index (χ0n) is 9.32. The molecule has 1 aromatic heterocycles. The standard InChI is InChI=1S/C12H7Cl3N2O2/c13-6-1-3-9(8(14)5-6)16-11-7(12(18)19)2-4-10(15)17-11/h1-5H,(H,16,17)(H,18,19). The zero-order valence-corrected chi connectivity index (χ0v) is 11.6. The van der Waals surface area contributed by atoms with Crippen LogP contribution in [0.2, 0.25) is 15.2 Å². The van der Waals surface area contributed by atoms with Crippen molar-refractivity contribution in [1.82, 2.24) is 4.98 Å². The molecule has 7 heteroatoms. The number of aromatic nitrogens is 1. The van der Waals surface area contributed by atoms with Crippen LogP contribution in [0.15, 0.2) is 30.3 Å². The summed E-state index contributed by atoms with van der Waals surface area (Å²) in [5.41, 5.74) is 0.485. The highest BCUT2D eigenvalue weighted by Gasteiger charge is 2.13. The molecule has 0 unspecified atom stereocenters. The third-order valence-electron chi connectivity index (χ3n) is 2.28. The van der Waals surface area contributed by atoms with E-state index >= 15 is 0 Å². The van der Waals surface area contributed by atoms with Gasteiger partial charge in [-0.3, -0.25) is 0 Å². The second-order valence-electron chi connectivity index (χ2n) is 3.58. The van der Waals surface area contributed by atoms with Crippen LogP contribution in [0.25, 0.3) is 0 Å². The Balaban J connectivity index is 2.42. The van der Waals surface area contributed by atoms with Crippen LogP contribution in [-0.2, 0) is 0 Å². The summed E-state index contributed by atoms with van der Waals surface area (Å²) < 4.78 is 0. The number of halogens is 3. The molecule has 0 radical (unpaired) electrons. The van der Waals surface area contributed by atoms with Crippen molar-refractivity contribution >= 4 is 52.3 Å². The third-order valence-corrected chi connectivity index (χ3v) is 3.03. The minimum absolute atomic E-state index is 0.00424. The van der Waals surface area contributed by atoms with Gasteiger partial charge < -0.3 is 10.4 Å². The van der Waals surface area contributed by atoms with Crippen LogP contribution >= 0.6 is 34.8 Å². The van der Waals surface area contributed by atoms with Gasteiger partial charge in [-0.25, -0.2) is 9.78 Å². The number of benzene rings is 1. The fourth-order valence-corrected chi connectivity index (χ4v) is 2.02. The smallest absolute Gasteiger partial charge is 0.339 e. The summed E-state index contributed by atoms with van der Waals surface area (Å²) in [6.45, 7) is 0. The quantitative estimate of drug-likeness (QED) is 0.819. The molecule has 0 aliphatic heterocycles. The first-order chi connectivity index (χ1) is 8.97. The van der Waals surface area contributed by atoms with E-state index in [9.17, 15) is 4.79 Å². The van der Waals surface area contributed by atoms with Gasteiger partial charge in [0.2, 0.25) is 0 Å². The molecule has 2 N–H and O–H groups in total. The molecule has 2 rings (SSSR count). The molecule has 0 atom stereocenters. The van der Waals surface area contributed by atoms with Gasteiger partial charge in [-0.2, -0.15) is 0 Å². The lowest BCUT2D eigenvalue weighted by molar-refractivity contribution is 0.0697. The maximum absolute atomic E-state index is 11.1. The Hall–Kier alpha value is -1.49. The fourth-order valence-electron chi connectivity index (χ4n) is 1.42. The summed E-state index contributed by atoms with van der Waals surface area (Å²) in [6, 6.07) is 7.56. The molecule has 0 aliphatic carbocycles. The molecule has 1 aromatic carbocycles. The number of hydrogen-bond acceptors (Lipinski definition) is 3. The van der Waals surface area contributed by atoms with Crippen molar-refractivity contribution in [2.24, 2.45) is 0 Å². The molecular weight excluding hydrogens is 311 g/mol. The number of nitrogens with zero attached hydrogens (tertiary/aromatic N) is 1. The van der Waals surface area contributed by atoms with Crippen molar-refractivity contribution in [1.29, 1.82) is 0 Å². The van der Waals surface area contributed by atoms with Gasteiger partial charge >= 0.3 is 5.97 Å². The van der Waals surface area contributed by atoms with E-state index in [0.29, 0.717) is 15.7 Å². The second-order valence-corrected chi connectivity index (χ2v) is 4.82. The molecular formula is C12H7Cl3N2O2. The summed E-state index contributed by atoms with van der Waals surface area (Å²) in [7, 11) is 0. The monoisotopic (exact) mass is 316 g/mol. The number of pyridine rings is 1. The first-order valence-electron chi connectivity index (χ1n) is 5.09. The van der Waals surface area contributed by atoms with E-state index in [1.54, 1.807) is 12.1 Å². The Morgan fingerprint density at radius 2 is 1.89 bits per heavy atom. The predicted octanol–water partition coefficient (Wildman–Crippen LogP) is 4.48. The number of hydrogen-bond donors (Lipinski definition) is 2. The topological polar surface area (TPSA) is 62.2 Å². The maximum atomic E-state index is 11.1. The Bertz CT molecular complexity index is 647. The Morgan fingerprint density at radius 1 is 1.16 bits per heavy atom. The summed E-state index contributed by atoms with van der Waals surface area (Å²) in [5.74, 6) is -0.999. The lowest BCUT2D eigenvalue weighted by Gasteiger charge is -2.10. The lowest BCUT2D eigenvalue weighted by atomic mass is 10.2. The highest BCUT2D eigenvalue weighted by Crippen LogP contribution is 2.29. The van der Waals surface area contributed by atoms with Crippen LogP contribution in [0.5, 0.6) is 0 Å². The number of carbonyl (C=O) groups is 1. The van der Waals surface area contributed by atoms with Gasteiger partial charge in [0.15, 0.2) is 0 Å². The summed E-state index contributed by atoms with van der Waals surface area (Å²) in [6.07, 6.45) is 0. The van der Waals surface area contributed by atoms with Gasteiger partial charge in [0.25, 0.3) is 0 Å². The summed E-state index contributed by atoms with van der Waals surface area (Å²) in [5, 5.41) is 12.9. The highest BCUT2D eigenvalue weighted by molar-refractivity contribution is 6.36. The van der Waals surface area contributed by atoms with Crippen molar-refractivity contribution < 1.29 is 9.90 Å². The van der Waals surface area contributed by atoms with E-state index < -0.39 is 5.97 Å². The van der Waals surface area contributed by atoms with Crippen LogP contribution in [0, 0.1) is 0 Å². The molecule has 0 spiro atoms. The van der Waals surface area contributed by atoms with E-state index in [1.807, 2.05) is 0 Å². The van der Waals surface area contributed by atoms with Crippen LogP contribution < -0.4 is 5.32 Å². The first-order valence-corrected chi connectivity index (χ1v) is 6.22. The molecule has 0 saturated carbocycles. The van der Waals surface area contributed by atoms with E-state index in [4.69, 9.17) is 39.9 Å². The molecule has 2 aromatic rings. The van der Waals surface area contributed by atoms with Crippen molar-refractivity contribution in [3.05, 3.63) is 51.1 Å². The number of nitrogens with one attached hydrogen (secondary N) is 1. The Kier molecular flexibility index (Phi) is 4.14. The van der Waals surface area contributed by atoms with E-state index in [-0.39, 0.29) is 16.5 Å². The van der Waals surface area contributed by atoms with E-state index in [2.05, 4.69) is 10.3 Å². The Labute approximate surface area is 123 Å². The SMILES string of the molecule is O=C(O)c1ccc(Cl)nc1Nc1ccc(Cl)cc1Cl. The number of carboxylic acids is 1. The van der Waals surface area contributed by atoms with Gasteiger partial charge in [0.05, 0.1) is 10.7 Å². The Morgan fingerprint density at radius 3 is 2.53 bits per heavy atom. The van der Waals surface area contributed by atoms with Crippen molar-refractivity contribution in [2.45, 2.75) is 0 Å². The number of anilines is 2. The van der Waals surface area contributed by atoms with Crippen LogP contribution in [0.4, 0.5) is 11.5 Å². The maximum Gasteiger partial charge on any atom is 0.339 e. The van der Waals surface area contributed by atoms with Gasteiger partial charge in [0, 0.05) is 5.02 Å². The van der Waals surface area contributed by atoms with Gasteiger partial charge in [-0.1, -0.05) is 34.8 Å². The predicted molar refractivity (Wildman–Crippen MR) is 76.0 cm³/mol. The van der Waals surface area contributed by atoms with Crippen molar-refractivity contribution in [3.63, 3.8) is 0 Å². The molecule has 0 saturated heterocycles. The summed E-state index contributed by atoms with van der Waals surface area (Å²) in [4.78, 5) is 15.0. The highest BCUT2D eigenvalue weighted by atomic mass is 35.5. The van der Waals surface area contributed by atoms with E-state index in [1.165, 1.54) is 18.2 Å². The largest absolute Gasteiger partial charge is 0.478 e. The average Bonchev–Trinajstić information content (AvgIpc) is 2.32. The van der Waals surface area contributed by atoms with E-state index in [0.717, 1.165) is 0 Å².